The van der Waals surface area contributed by atoms with Gasteiger partial charge in [0.25, 0.3) is 0 Å². The number of carbonyl (C=O) groups is 1. The number of quaternary nitrogens is 1. The smallest absolute Gasteiger partial charge is 0.387 e. The number of likely N-dealkylation sites (N-methyl/N-ethyl adjacent to an activating group) is 1. The molecule has 0 radical (unpaired) electrons. The van der Waals surface area contributed by atoms with Gasteiger partial charge in [-0.2, -0.15) is 0 Å². The van der Waals surface area contributed by atoms with Gasteiger partial charge in [0.05, 0.1) is 39.9 Å². The van der Waals surface area contributed by atoms with Crippen LogP contribution in [0.1, 0.15) is 162 Å². The van der Waals surface area contributed by atoms with Gasteiger partial charge in [0.2, 0.25) is 5.91 Å². The number of rotatable bonds is 39. The fourth-order valence-corrected chi connectivity index (χ4v) is 6.54. The molecule has 0 aliphatic heterocycles. The second-order valence-electron chi connectivity index (χ2n) is 16.0. The predicted octanol–water partition coefficient (Wildman–Crippen LogP) is 12.6. The maximum absolute atomic E-state index is 12.9. The minimum absolute atomic E-state index is 0.0482. The average molecular weight is 818 g/mol. The molecular formula is C48H86N2O6P+. The highest BCUT2D eigenvalue weighted by Crippen LogP contribution is 2.43. The Balaban J connectivity index is 4.53. The van der Waals surface area contributed by atoms with Gasteiger partial charge in [0.1, 0.15) is 13.2 Å². The summed E-state index contributed by atoms with van der Waals surface area (Å²) < 4.78 is 23.5. The van der Waals surface area contributed by atoms with Gasteiger partial charge in [-0.1, -0.05) is 170 Å². The molecule has 3 atom stereocenters. The molecule has 0 aromatic rings. The van der Waals surface area contributed by atoms with Crippen molar-refractivity contribution in [1.82, 2.24) is 5.32 Å². The first-order valence-corrected chi connectivity index (χ1v) is 24.0. The Hall–Kier alpha value is -2.32. The van der Waals surface area contributed by atoms with Crippen molar-refractivity contribution in [1.29, 1.82) is 0 Å². The highest BCUT2D eigenvalue weighted by atomic mass is 31.2. The van der Waals surface area contributed by atoms with Crippen LogP contribution in [0.25, 0.3) is 0 Å². The highest BCUT2D eigenvalue weighted by molar-refractivity contribution is 7.47. The minimum atomic E-state index is -4.35. The Kier molecular flexibility index (Phi) is 37.6. The number of aliphatic hydroxyl groups is 1. The summed E-state index contributed by atoms with van der Waals surface area (Å²) >= 11 is 0. The van der Waals surface area contributed by atoms with E-state index in [2.05, 4.69) is 92.1 Å². The molecule has 0 aliphatic rings. The van der Waals surface area contributed by atoms with Crippen LogP contribution in [-0.4, -0.2) is 73.4 Å². The number of hydrogen-bond donors (Lipinski definition) is 3. The van der Waals surface area contributed by atoms with Crippen LogP contribution in [0.4, 0.5) is 0 Å². The Morgan fingerprint density at radius 3 is 1.54 bits per heavy atom. The first-order chi connectivity index (χ1) is 27.5. The summed E-state index contributed by atoms with van der Waals surface area (Å²) in [5.74, 6) is -0.224. The molecule has 3 unspecified atom stereocenters. The fourth-order valence-electron chi connectivity index (χ4n) is 5.81. The lowest BCUT2D eigenvalue weighted by atomic mass is 10.0. The number of carbonyl (C=O) groups excluding carboxylic acids is 1. The second kappa shape index (κ2) is 39.2. The summed E-state index contributed by atoms with van der Waals surface area (Å²) in [7, 11) is 1.53. The van der Waals surface area contributed by atoms with Gasteiger partial charge in [-0.3, -0.25) is 13.8 Å². The van der Waals surface area contributed by atoms with Crippen molar-refractivity contribution >= 4 is 13.7 Å². The molecule has 0 fully saturated rings. The van der Waals surface area contributed by atoms with Gasteiger partial charge in [0.15, 0.2) is 0 Å². The van der Waals surface area contributed by atoms with Crippen molar-refractivity contribution in [3.05, 3.63) is 85.1 Å². The van der Waals surface area contributed by atoms with E-state index in [0.717, 1.165) is 70.6 Å². The second-order valence-corrected chi connectivity index (χ2v) is 17.5. The maximum atomic E-state index is 12.9. The molecule has 0 bridgehead atoms. The Bertz CT molecular complexity index is 1200. The number of phosphoric acid groups is 1. The lowest BCUT2D eigenvalue weighted by molar-refractivity contribution is -0.870. The van der Waals surface area contributed by atoms with Gasteiger partial charge in [-0.15, -0.1) is 0 Å². The van der Waals surface area contributed by atoms with E-state index in [1.54, 1.807) is 6.08 Å². The van der Waals surface area contributed by atoms with E-state index in [4.69, 9.17) is 9.05 Å². The third-order valence-electron chi connectivity index (χ3n) is 9.37. The van der Waals surface area contributed by atoms with E-state index in [1.165, 1.54) is 64.2 Å². The zero-order chi connectivity index (χ0) is 42.1. The quantitative estimate of drug-likeness (QED) is 0.0247. The maximum Gasteiger partial charge on any atom is 0.472 e. The first-order valence-electron chi connectivity index (χ1n) is 22.5. The number of hydrogen-bond acceptors (Lipinski definition) is 5. The number of phosphoric ester groups is 1. The fraction of sp³-hybridized carbons (Fsp3) is 0.688. The molecule has 0 aliphatic carbocycles. The molecule has 57 heavy (non-hydrogen) atoms. The molecule has 0 aromatic carbocycles. The molecule has 1 amide bonds. The van der Waals surface area contributed by atoms with Gasteiger partial charge in [-0.25, -0.2) is 4.57 Å². The molecule has 0 rings (SSSR count). The summed E-state index contributed by atoms with van der Waals surface area (Å²) in [5.41, 5.74) is 0. The van der Waals surface area contributed by atoms with E-state index >= 15 is 0 Å². The SMILES string of the molecule is CC/C=C\C/C=C\C/C=C\C/C=C\C/C=C\C/C=C\CCCCC(=O)NC(COP(=O)(O)OCC[N+](C)(C)C)C(O)/C=C/CCCCCCCCCCCCCC. The number of unbranched alkanes of at least 4 members (excludes halogenated alkanes) is 14. The van der Waals surface area contributed by atoms with Crippen LogP contribution in [0.2, 0.25) is 0 Å². The Labute approximate surface area is 350 Å². The molecule has 0 aromatic heterocycles. The summed E-state index contributed by atoms with van der Waals surface area (Å²) in [6.45, 7) is 4.64. The molecule has 0 heterocycles. The molecule has 0 saturated heterocycles. The number of allylic oxidation sites excluding steroid dienone is 13. The Morgan fingerprint density at radius 2 is 1.05 bits per heavy atom. The van der Waals surface area contributed by atoms with Crippen LogP contribution in [-0.2, 0) is 18.4 Å². The zero-order valence-electron chi connectivity index (χ0n) is 37.0. The van der Waals surface area contributed by atoms with Gasteiger partial charge in [-0.05, 0) is 70.6 Å². The van der Waals surface area contributed by atoms with Crippen LogP contribution in [0.15, 0.2) is 85.1 Å². The summed E-state index contributed by atoms with van der Waals surface area (Å²) in [6.07, 6.45) is 53.7. The number of amides is 1. The zero-order valence-corrected chi connectivity index (χ0v) is 37.9. The minimum Gasteiger partial charge on any atom is -0.387 e. The third-order valence-corrected chi connectivity index (χ3v) is 10.4. The van der Waals surface area contributed by atoms with Crippen molar-refractivity contribution in [2.75, 3.05) is 40.9 Å². The largest absolute Gasteiger partial charge is 0.472 e. The monoisotopic (exact) mass is 818 g/mol. The van der Waals surface area contributed by atoms with Crippen LogP contribution in [0.3, 0.4) is 0 Å². The lowest BCUT2D eigenvalue weighted by Crippen LogP contribution is -2.45. The average Bonchev–Trinajstić information content (AvgIpc) is 3.16. The molecule has 328 valence electrons. The summed E-state index contributed by atoms with van der Waals surface area (Å²) in [6, 6.07) is -0.874. The van der Waals surface area contributed by atoms with Crippen molar-refractivity contribution in [3.8, 4) is 0 Å². The van der Waals surface area contributed by atoms with E-state index < -0.39 is 20.0 Å². The van der Waals surface area contributed by atoms with E-state index in [0.29, 0.717) is 23.9 Å². The number of nitrogens with one attached hydrogen (secondary N) is 1. The lowest BCUT2D eigenvalue weighted by Gasteiger charge is -2.25. The third kappa shape index (κ3) is 41.6. The number of nitrogens with zero attached hydrogens (tertiary/aromatic N) is 1. The molecule has 8 nitrogen and oxygen atoms in total. The van der Waals surface area contributed by atoms with Gasteiger partial charge >= 0.3 is 7.82 Å². The topological polar surface area (TPSA) is 105 Å². The highest BCUT2D eigenvalue weighted by Gasteiger charge is 2.27. The van der Waals surface area contributed by atoms with E-state index in [9.17, 15) is 19.4 Å². The van der Waals surface area contributed by atoms with Gasteiger partial charge < -0.3 is 19.8 Å². The molecule has 0 saturated carbocycles. The van der Waals surface area contributed by atoms with E-state index in [1.807, 2.05) is 27.2 Å². The van der Waals surface area contributed by atoms with Crippen molar-refractivity contribution in [2.24, 2.45) is 0 Å². The van der Waals surface area contributed by atoms with Crippen LogP contribution < -0.4 is 5.32 Å². The van der Waals surface area contributed by atoms with Crippen molar-refractivity contribution in [3.63, 3.8) is 0 Å². The molecule has 9 heteroatoms. The van der Waals surface area contributed by atoms with Crippen LogP contribution >= 0.6 is 7.82 Å². The summed E-state index contributed by atoms with van der Waals surface area (Å²) in [4.78, 5) is 23.1. The van der Waals surface area contributed by atoms with Crippen molar-refractivity contribution < 1.29 is 32.9 Å². The first kappa shape index (κ1) is 54.7. The number of aliphatic hydroxyl groups excluding tert-OH is 1. The Morgan fingerprint density at radius 1 is 0.614 bits per heavy atom. The van der Waals surface area contributed by atoms with Gasteiger partial charge in [0, 0.05) is 6.42 Å². The standard InChI is InChI=1S/C48H85N2O6P/c1-6-8-10-12-14-16-18-20-22-23-24-25-26-27-28-30-32-34-36-38-40-42-48(52)49-46(45-56-57(53,54)55-44-43-50(3,4)5)47(51)41-39-37-35-33-31-29-21-19-17-15-13-11-9-7-2/h8,10,14,16,20,22,24-25,27-28,32,34,39,41,46-47,51H,6-7,9,11-13,15,17-19,21,23,26,29-31,33,35-38,40,42-45H2,1-5H3,(H-,49,52,53,54)/p+1/b10-8-,16-14-,22-20-,25-24-,28-27-,34-32-,41-39+. The molecular weight excluding hydrogens is 732 g/mol. The van der Waals surface area contributed by atoms with E-state index in [-0.39, 0.29) is 19.1 Å². The van der Waals surface area contributed by atoms with Crippen LogP contribution in [0.5, 0.6) is 0 Å². The molecule has 0 spiro atoms. The van der Waals surface area contributed by atoms with Crippen molar-refractivity contribution in [2.45, 2.75) is 174 Å². The predicted molar refractivity (Wildman–Crippen MR) is 244 cm³/mol. The summed E-state index contributed by atoms with van der Waals surface area (Å²) in [5, 5.41) is 13.8. The molecule has 3 N–H and O–H groups in total. The van der Waals surface area contributed by atoms with Crippen LogP contribution in [0, 0.1) is 0 Å². The normalized spacial score (nSPS) is 15.1.